The van der Waals surface area contributed by atoms with Gasteiger partial charge in [-0.2, -0.15) is 0 Å². The van der Waals surface area contributed by atoms with E-state index in [1.165, 1.54) is 6.07 Å². The highest BCUT2D eigenvalue weighted by atomic mass is 32.2. The number of aryl methyl sites for hydroxylation is 2. The summed E-state index contributed by atoms with van der Waals surface area (Å²) in [7, 11) is 0. The van der Waals surface area contributed by atoms with E-state index in [0.29, 0.717) is 23.3 Å². The Morgan fingerprint density at radius 2 is 2.15 bits per heavy atom. The summed E-state index contributed by atoms with van der Waals surface area (Å²) in [5.74, 6) is 0.116. The van der Waals surface area contributed by atoms with Crippen molar-refractivity contribution < 1.29 is 18.7 Å². The Morgan fingerprint density at radius 3 is 2.93 bits per heavy atom. The van der Waals surface area contributed by atoms with Gasteiger partial charge in [-0.05, 0) is 38.3 Å². The highest BCUT2D eigenvalue weighted by molar-refractivity contribution is 8.01. The van der Waals surface area contributed by atoms with Crippen molar-refractivity contribution in [2.24, 2.45) is 0 Å². The molecule has 2 aromatic rings. The van der Waals surface area contributed by atoms with Crippen molar-refractivity contribution in [3.63, 3.8) is 0 Å². The molecule has 0 saturated carbocycles. The maximum Gasteiger partial charge on any atom is 0.336 e. The fraction of sp³-hybridized carbons (Fsp3) is 0.450. The maximum absolute atomic E-state index is 12.7. The molecule has 0 spiro atoms. The monoisotopic (exact) mass is 387 g/mol. The third kappa shape index (κ3) is 2.94. The van der Waals surface area contributed by atoms with Crippen molar-refractivity contribution >= 4 is 34.6 Å². The van der Waals surface area contributed by atoms with Gasteiger partial charge in [0.25, 0.3) is 0 Å². The van der Waals surface area contributed by atoms with Crippen LogP contribution < -0.4 is 5.63 Å². The van der Waals surface area contributed by atoms with Crippen molar-refractivity contribution in [3.05, 3.63) is 45.3 Å². The smallest absolute Gasteiger partial charge is 0.336 e. The normalized spacial score (nSPS) is 24.5. The first-order valence-electron chi connectivity index (χ1n) is 8.96. The van der Waals surface area contributed by atoms with Crippen LogP contribution in [-0.2, 0) is 20.9 Å². The van der Waals surface area contributed by atoms with E-state index in [-0.39, 0.29) is 17.4 Å². The van der Waals surface area contributed by atoms with Crippen LogP contribution in [0.15, 0.2) is 27.4 Å². The lowest BCUT2D eigenvalue weighted by atomic mass is 10.0. The number of rotatable bonds is 3. The van der Waals surface area contributed by atoms with Gasteiger partial charge in [-0.15, -0.1) is 11.8 Å². The predicted molar refractivity (Wildman–Crippen MR) is 102 cm³/mol. The SMILES string of the molecule is Cc1ccc2c(COC(=O)[C@H]3CS[C@]4(C)CCC(=O)N34)cc(=O)oc2c1C. The molecular weight excluding hydrogens is 366 g/mol. The summed E-state index contributed by atoms with van der Waals surface area (Å²) in [6, 6.07) is 4.62. The number of nitrogens with zero attached hydrogens (tertiary/aromatic N) is 1. The first kappa shape index (κ1) is 18.1. The summed E-state index contributed by atoms with van der Waals surface area (Å²) in [4.78, 5) is 38.2. The van der Waals surface area contributed by atoms with Crippen LogP contribution in [0.3, 0.4) is 0 Å². The number of carbonyl (C=O) groups excluding carboxylic acids is 2. The zero-order chi connectivity index (χ0) is 19.3. The highest BCUT2D eigenvalue weighted by Crippen LogP contribution is 2.47. The second kappa shape index (κ2) is 6.41. The summed E-state index contributed by atoms with van der Waals surface area (Å²) in [6.45, 7) is 5.81. The molecule has 142 valence electrons. The summed E-state index contributed by atoms with van der Waals surface area (Å²) < 4.78 is 10.9. The van der Waals surface area contributed by atoms with Crippen LogP contribution in [-0.4, -0.2) is 33.4 Å². The first-order chi connectivity index (χ1) is 12.8. The van der Waals surface area contributed by atoms with Crippen LogP contribution in [0.1, 0.15) is 36.5 Å². The lowest BCUT2D eigenvalue weighted by molar-refractivity contribution is -0.154. The zero-order valence-corrected chi connectivity index (χ0v) is 16.4. The van der Waals surface area contributed by atoms with Gasteiger partial charge in [-0.1, -0.05) is 12.1 Å². The Morgan fingerprint density at radius 1 is 1.37 bits per heavy atom. The minimum Gasteiger partial charge on any atom is -0.459 e. The topological polar surface area (TPSA) is 76.8 Å². The number of esters is 1. The van der Waals surface area contributed by atoms with Gasteiger partial charge in [-0.25, -0.2) is 9.59 Å². The Labute approximate surface area is 160 Å². The van der Waals surface area contributed by atoms with E-state index in [9.17, 15) is 14.4 Å². The molecule has 1 amide bonds. The van der Waals surface area contributed by atoms with Gasteiger partial charge in [-0.3, -0.25) is 4.79 Å². The van der Waals surface area contributed by atoms with Crippen molar-refractivity contribution in [2.45, 2.75) is 51.1 Å². The standard InChI is InChI=1S/C20H21NO5S/c1-11-4-5-14-13(8-17(23)26-18(14)12(11)2)9-25-19(24)15-10-27-20(3)7-6-16(22)21(15)20/h4-5,8,15H,6-7,9-10H2,1-3H3/t15-,20-/m1/s1. The van der Waals surface area contributed by atoms with Crippen molar-refractivity contribution in [2.75, 3.05) is 5.75 Å². The number of thioether (sulfide) groups is 1. The van der Waals surface area contributed by atoms with Crippen molar-refractivity contribution in [1.29, 1.82) is 0 Å². The number of hydrogen-bond donors (Lipinski definition) is 0. The molecule has 0 unspecified atom stereocenters. The lowest BCUT2D eigenvalue weighted by Crippen LogP contribution is -2.46. The molecule has 2 saturated heterocycles. The number of benzene rings is 1. The van der Waals surface area contributed by atoms with Crippen LogP contribution in [0.4, 0.5) is 0 Å². The molecule has 7 heteroatoms. The van der Waals surface area contributed by atoms with Gasteiger partial charge in [0.05, 0.1) is 4.87 Å². The second-order valence-electron chi connectivity index (χ2n) is 7.35. The minimum atomic E-state index is -0.564. The van der Waals surface area contributed by atoms with E-state index in [0.717, 1.165) is 22.9 Å². The zero-order valence-electron chi connectivity index (χ0n) is 15.5. The molecule has 4 rings (SSSR count). The Kier molecular flexibility index (Phi) is 4.29. The molecule has 0 N–H and O–H groups in total. The van der Waals surface area contributed by atoms with E-state index in [1.807, 2.05) is 32.9 Å². The van der Waals surface area contributed by atoms with E-state index in [2.05, 4.69) is 0 Å². The van der Waals surface area contributed by atoms with Crippen LogP contribution in [0.2, 0.25) is 0 Å². The van der Waals surface area contributed by atoms with Gasteiger partial charge < -0.3 is 14.1 Å². The maximum atomic E-state index is 12.7. The quantitative estimate of drug-likeness (QED) is 0.595. The largest absolute Gasteiger partial charge is 0.459 e. The molecule has 0 bridgehead atoms. The summed E-state index contributed by atoms with van der Waals surface area (Å²) in [5, 5.41) is 0.758. The Balaban J connectivity index is 1.57. The molecule has 2 aliphatic rings. The second-order valence-corrected chi connectivity index (χ2v) is 8.85. The first-order valence-corrected chi connectivity index (χ1v) is 9.94. The van der Waals surface area contributed by atoms with Crippen molar-refractivity contribution in [1.82, 2.24) is 4.90 Å². The molecule has 1 aromatic carbocycles. The van der Waals surface area contributed by atoms with E-state index in [4.69, 9.17) is 9.15 Å². The molecule has 6 nitrogen and oxygen atoms in total. The van der Waals surface area contributed by atoms with Crippen LogP contribution in [0.5, 0.6) is 0 Å². The Hall–Kier alpha value is -2.28. The van der Waals surface area contributed by atoms with Crippen LogP contribution in [0, 0.1) is 13.8 Å². The molecular formula is C20H21NO5S. The average Bonchev–Trinajstić information content (AvgIpc) is 3.12. The van der Waals surface area contributed by atoms with Gasteiger partial charge in [0.2, 0.25) is 5.91 Å². The fourth-order valence-corrected chi connectivity index (χ4v) is 5.30. The third-order valence-corrected chi connectivity index (χ3v) is 7.11. The average molecular weight is 387 g/mol. The number of amides is 1. The molecule has 1 aromatic heterocycles. The Bertz CT molecular complexity index is 1010. The lowest BCUT2D eigenvalue weighted by Gasteiger charge is -2.29. The number of ether oxygens (including phenoxy) is 1. The number of carbonyl (C=O) groups is 2. The number of fused-ring (bicyclic) bond motifs is 2. The molecule has 0 aliphatic carbocycles. The summed E-state index contributed by atoms with van der Waals surface area (Å²) in [6.07, 6.45) is 1.22. The van der Waals surface area contributed by atoms with Crippen LogP contribution in [0.25, 0.3) is 11.0 Å². The van der Waals surface area contributed by atoms with Gasteiger partial charge in [0.15, 0.2) is 0 Å². The van der Waals surface area contributed by atoms with Crippen molar-refractivity contribution in [3.8, 4) is 0 Å². The summed E-state index contributed by atoms with van der Waals surface area (Å²) in [5.41, 5.74) is 2.57. The van der Waals surface area contributed by atoms with Gasteiger partial charge in [0, 0.05) is 29.2 Å². The predicted octanol–water partition coefficient (Wildman–Crippen LogP) is 2.91. The minimum absolute atomic E-state index is 0.00125. The molecule has 2 atom stereocenters. The fourth-order valence-electron chi connectivity index (χ4n) is 3.88. The van der Waals surface area contributed by atoms with E-state index < -0.39 is 17.6 Å². The highest BCUT2D eigenvalue weighted by Gasteiger charge is 2.53. The van der Waals surface area contributed by atoms with E-state index >= 15 is 0 Å². The third-order valence-electron chi connectivity index (χ3n) is 5.60. The number of hydrogen-bond acceptors (Lipinski definition) is 6. The molecule has 2 fully saturated rings. The van der Waals surface area contributed by atoms with Gasteiger partial charge in [0.1, 0.15) is 18.2 Å². The molecule has 3 heterocycles. The molecule has 0 radical (unpaired) electrons. The molecule has 2 aliphatic heterocycles. The van der Waals surface area contributed by atoms with Crippen LogP contribution >= 0.6 is 11.8 Å². The van der Waals surface area contributed by atoms with E-state index in [1.54, 1.807) is 16.7 Å². The summed E-state index contributed by atoms with van der Waals surface area (Å²) >= 11 is 1.62. The molecule has 27 heavy (non-hydrogen) atoms. The van der Waals surface area contributed by atoms with Gasteiger partial charge >= 0.3 is 11.6 Å².